The fourth-order valence-electron chi connectivity index (χ4n) is 1.01. The molecule has 0 saturated carbocycles. The third kappa shape index (κ3) is 2.74. The van der Waals surface area contributed by atoms with E-state index in [9.17, 15) is 9.90 Å². The normalized spacial score (nSPS) is 9.79. The second-order valence-electron chi connectivity index (χ2n) is 2.71. The Hall–Kier alpha value is -1.55. The molecule has 1 radical (unpaired) electrons. The molecule has 1 N–H and O–H groups in total. The van der Waals surface area contributed by atoms with Crippen molar-refractivity contribution in [3.63, 3.8) is 0 Å². The van der Waals surface area contributed by atoms with Gasteiger partial charge in [0.1, 0.15) is 11.3 Å². The molecule has 0 heterocycles. The molecule has 75 valence electrons. The third-order valence-corrected chi connectivity index (χ3v) is 1.66. The van der Waals surface area contributed by atoms with Gasteiger partial charge in [-0.2, -0.15) is 0 Å². The van der Waals surface area contributed by atoms with Gasteiger partial charge in [0.2, 0.25) is 0 Å². The molecule has 4 nitrogen and oxygen atoms in total. The minimum Gasteiger partial charge on any atom is -0.493 e. The molecule has 1 aromatic carbocycles. The molecule has 0 saturated heterocycles. The summed E-state index contributed by atoms with van der Waals surface area (Å²) in [4.78, 5) is 10.7. The number of hydrogen-bond donors (Lipinski definition) is 1. The zero-order chi connectivity index (χ0) is 10.4. The number of rotatable bonds is 5. The van der Waals surface area contributed by atoms with Gasteiger partial charge >= 0.3 is 5.97 Å². The molecule has 0 fully saturated rings. The molecule has 0 aliphatic heterocycles. The first-order chi connectivity index (χ1) is 6.75. The smallest absolute Gasteiger partial charge is 0.339 e. The van der Waals surface area contributed by atoms with Gasteiger partial charge in [0.25, 0.3) is 0 Å². The van der Waals surface area contributed by atoms with E-state index in [1.165, 1.54) is 6.07 Å². The van der Waals surface area contributed by atoms with Crippen LogP contribution in [0.3, 0.4) is 0 Å². The molecule has 0 aromatic heterocycles. The number of hydrogen-bond acceptors (Lipinski definition) is 2. The van der Waals surface area contributed by atoms with Crippen LogP contribution in [0.5, 0.6) is 5.75 Å². The van der Waals surface area contributed by atoms with Crippen molar-refractivity contribution in [3.05, 3.63) is 29.8 Å². The first-order valence-electron chi connectivity index (χ1n) is 4.29. The summed E-state index contributed by atoms with van der Waals surface area (Å²) in [6, 6.07) is 6.37. The van der Waals surface area contributed by atoms with E-state index >= 15 is 0 Å². The molecule has 4 heteroatoms. The van der Waals surface area contributed by atoms with E-state index in [4.69, 9.17) is 9.84 Å². The Morgan fingerprint density at radius 3 is 2.71 bits per heavy atom. The molecular formula is C10H11O4. The maximum Gasteiger partial charge on any atom is 0.339 e. The Morgan fingerprint density at radius 1 is 1.36 bits per heavy atom. The Kier molecular flexibility index (Phi) is 3.94. The Labute approximate surface area is 81.8 Å². The van der Waals surface area contributed by atoms with Gasteiger partial charge in [-0.15, -0.1) is 0 Å². The van der Waals surface area contributed by atoms with Gasteiger partial charge in [0.05, 0.1) is 13.2 Å². The maximum atomic E-state index is 10.7. The molecule has 0 amide bonds. The Bertz CT molecular complexity index is 309. The predicted octanol–water partition coefficient (Wildman–Crippen LogP) is 1.58. The number of carboxylic acid groups (broad SMARTS) is 1. The fraction of sp³-hybridized carbons (Fsp3) is 0.300. The van der Waals surface area contributed by atoms with Crippen LogP contribution in [0.25, 0.3) is 0 Å². The van der Waals surface area contributed by atoms with Crippen LogP contribution in [0.2, 0.25) is 0 Å². The Morgan fingerprint density at radius 2 is 2.07 bits per heavy atom. The second-order valence-corrected chi connectivity index (χ2v) is 2.71. The van der Waals surface area contributed by atoms with E-state index in [0.29, 0.717) is 12.2 Å². The molecule has 0 atom stereocenters. The lowest BCUT2D eigenvalue weighted by Gasteiger charge is -2.07. The highest BCUT2D eigenvalue weighted by Crippen LogP contribution is 2.17. The van der Waals surface area contributed by atoms with Gasteiger partial charge in [-0.25, -0.2) is 9.90 Å². The molecule has 0 aliphatic rings. The highest BCUT2D eigenvalue weighted by molar-refractivity contribution is 5.90. The minimum atomic E-state index is -1.03. The van der Waals surface area contributed by atoms with Crippen LogP contribution in [0.4, 0.5) is 0 Å². The van der Waals surface area contributed by atoms with Crippen LogP contribution in [-0.2, 0) is 5.11 Å². The molecular weight excluding hydrogens is 184 g/mol. The molecule has 0 aliphatic carbocycles. The fourth-order valence-corrected chi connectivity index (χ4v) is 1.01. The SMILES string of the molecule is [O]CCCOc1ccccc1C(=O)O. The number of carbonyl (C=O) groups is 1. The number of para-hydroxylation sites is 1. The third-order valence-electron chi connectivity index (χ3n) is 1.66. The van der Waals surface area contributed by atoms with Crippen molar-refractivity contribution in [3.8, 4) is 5.75 Å². The molecule has 0 bridgehead atoms. The molecule has 1 aromatic rings. The van der Waals surface area contributed by atoms with Gasteiger partial charge in [0.15, 0.2) is 0 Å². The van der Waals surface area contributed by atoms with Gasteiger partial charge in [-0.3, -0.25) is 0 Å². The zero-order valence-corrected chi connectivity index (χ0v) is 7.60. The molecule has 14 heavy (non-hydrogen) atoms. The number of benzene rings is 1. The van der Waals surface area contributed by atoms with Crippen molar-refractivity contribution in [1.29, 1.82) is 0 Å². The molecule has 1 rings (SSSR count). The van der Waals surface area contributed by atoms with E-state index in [0.717, 1.165) is 0 Å². The van der Waals surface area contributed by atoms with Gasteiger partial charge in [-0.1, -0.05) is 12.1 Å². The van der Waals surface area contributed by atoms with Crippen LogP contribution < -0.4 is 4.74 Å². The van der Waals surface area contributed by atoms with E-state index < -0.39 is 5.97 Å². The monoisotopic (exact) mass is 195 g/mol. The van der Waals surface area contributed by atoms with Crippen molar-refractivity contribution in [1.82, 2.24) is 0 Å². The summed E-state index contributed by atoms with van der Waals surface area (Å²) in [6.45, 7) is 0.0447. The van der Waals surface area contributed by atoms with Crippen molar-refractivity contribution in [2.75, 3.05) is 13.2 Å². The van der Waals surface area contributed by atoms with Gasteiger partial charge in [0, 0.05) is 6.42 Å². The van der Waals surface area contributed by atoms with Crippen LogP contribution in [0, 0.1) is 0 Å². The molecule has 0 unspecified atom stereocenters. The average molecular weight is 195 g/mol. The summed E-state index contributed by atoms with van der Waals surface area (Å²) in [5, 5.41) is 18.9. The number of aromatic carboxylic acids is 1. The summed E-state index contributed by atoms with van der Waals surface area (Å²) in [7, 11) is 0. The Balaban J connectivity index is 2.69. The largest absolute Gasteiger partial charge is 0.493 e. The van der Waals surface area contributed by atoms with Gasteiger partial charge in [-0.05, 0) is 12.1 Å². The number of carboxylic acids is 1. The van der Waals surface area contributed by atoms with Crippen LogP contribution in [0.1, 0.15) is 16.8 Å². The predicted molar refractivity (Wildman–Crippen MR) is 49.1 cm³/mol. The average Bonchev–Trinajstić information content (AvgIpc) is 2.19. The lowest BCUT2D eigenvalue weighted by Crippen LogP contribution is -2.04. The van der Waals surface area contributed by atoms with Crippen LogP contribution >= 0.6 is 0 Å². The summed E-state index contributed by atoms with van der Waals surface area (Å²) >= 11 is 0. The summed E-state index contributed by atoms with van der Waals surface area (Å²) in [5.74, 6) is -0.712. The van der Waals surface area contributed by atoms with Crippen molar-refractivity contribution < 1.29 is 19.7 Å². The quantitative estimate of drug-likeness (QED) is 0.725. The maximum absolute atomic E-state index is 10.7. The van der Waals surface area contributed by atoms with Crippen molar-refractivity contribution in [2.24, 2.45) is 0 Å². The summed E-state index contributed by atoms with van der Waals surface area (Å²) in [5.41, 5.74) is 0.124. The summed E-state index contributed by atoms with van der Waals surface area (Å²) < 4.78 is 5.16. The number of ether oxygens (including phenoxy) is 1. The molecule has 0 spiro atoms. The lowest BCUT2D eigenvalue weighted by molar-refractivity contribution is 0.0692. The topological polar surface area (TPSA) is 66.4 Å². The van der Waals surface area contributed by atoms with E-state index in [-0.39, 0.29) is 18.8 Å². The second kappa shape index (κ2) is 5.24. The van der Waals surface area contributed by atoms with E-state index in [1.54, 1.807) is 18.2 Å². The standard InChI is InChI=1S/C10H11O4/c11-6-3-7-14-9-5-2-1-4-8(9)10(12)13/h1-2,4-5H,3,6-7H2,(H,12,13). The van der Waals surface area contributed by atoms with Crippen molar-refractivity contribution >= 4 is 5.97 Å². The van der Waals surface area contributed by atoms with Crippen LogP contribution in [0.15, 0.2) is 24.3 Å². The minimum absolute atomic E-state index is 0.124. The van der Waals surface area contributed by atoms with Crippen LogP contribution in [-0.4, -0.2) is 24.3 Å². The highest BCUT2D eigenvalue weighted by Gasteiger charge is 2.09. The zero-order valence-electron chi connectivity index (χ0n) is 7.60. The summed E-state index contributed by atoms with van der Waals surface area (Å²) in [6.07, 6.45) is 0.383. The van der Waals surface area contributed by atoms with E-state index in [2.05, 4.69) is 0 Å². The van der Waals surface area contributed by atoms with E-state index in [1.807, 2.05) is 0 Å². The van der Waals surface area contributed by atoms with Crippen molar-refractivity contribution in [2.45, 2.75) is 6.42 Å². The highest BCUT2D eigenvalue weighted by atomic mass is 16.5. The first kappa shape index (κ1) is 10.5. The first-order valence-corrected chi connectivity index (χ1v) is 4.29. The van der Waals surface area contributed by atoms with Gasteiger partial charge < -0.3 is 9.84 Å². The lowest BCUT2D eigenvalue weighted by atomic mass is 10.2.